The second kappa shape index (κ2) is 7.02. The van der Waals surface area contributed by atoms with Crippen molar-refractivity contribution in [2.24, 2.45) is 7.05 Å². The summed E-state index contributed by atoms with van der Waals surface area (Å²) in [6, 6.07) is 3.73. The van der Waals surface area contributed by atoms with Crippen molar-refractivity contribution < 1.29 is 14.3 Å². The van der Waals surface area contributed by atoms with Crippen LogP contribution >= 0.6 is 0 Å². The van der Waals surface area contributed by atoms with Gasteiger partial charge in [0.1, 0.15) is 17.1 Å². The molecule has 5 heterocycles. The SMILES string of the molecule is Cn1cccc1C(=O)N1CCC2(CC1)O[C@H](C(=O)N1CCCC1)Cn1ccnc12. The highest BCUT2D eigenvalue weighted by molar-refractivity contribution is 5.92. The minimum absolute atomic E-state index is 0.0381. The van der Waals surface area contributed by atoms with Gasteiger partial charge in [-0.25, -0.2) is 4.98 Å². The molecule has 8 nitrogen and oxygen atoms in total. The molecule has 0 saturated carbocycles. The van der Waals surface area contributed by atoms with Gasteiger partial charge < -0.3 is 23.7 Å². The number of aryl methyl sites for hydroxylation is 1. The molecule has 2 aromatic heterocycles. The van der Waals surface area contributed by atoms with Crippen LogP contribution in [0.2, 0.25) is 0 Å². The Balaban J connectivity index is 1.35. The zero-order valence-corrected chi connectivity index (χ0v) is 16.8. The fraction of sp³-hybridized carbons (Fsp3) is 0.571. The molecule has 0 aromatic carbocycles. The Morgan fingerprint density at radius 3 is 2.55 bits per heavy atom. The Kier molecular flexibility index (Phi) is 4.46. The van der Waals surface area contributed by atoms with Crippen molar-refractivity contribution in [3.63, 3.8) is 0 Å². The van der Waals surface area contributed by atoms with E-state index in [4.69, 9.17) is 4.74 Å². The van der Waals surface area contributed by atoms with Crippen molar-refractivity contribution in [2.45, 2.75) is 43.9 Å². The molecule has 0 aliphatic carbocycles. The van der Waals surface area contributed by atoms with Crippen molar-refractivity contribution in [1.82, 2.24) is 23.9 Å². The second-order valence-corrected chi connectivity index (χ2v) is 8.33. The third kappa shape index (κ3) is 3.06. The number of ether oxygens (including phenoxy) is 1. The molecule has 1 spiro atoms. The molecule has 0 N–H and O–H groups in total. The van der Waals surface area contributed by atoms with Crippen molar-refractivity contribution in [1.29, 1.82) is 0 Å². The van der Waals surface area contributed by atoms with Crippen LogP contribution in [0.15, 0.2) is 30.7 Å². The maximum atomic E-state index is 13.0. The first-order valence-electron chi connectivity index (χ1n) is 10.5. The molecule has 2 fully saturated rings. The van der Waals surface area contributed by atoms with Crippen LogP contribution in [0, 0.1) is 0 Å². The minimum atomic E-state index is -0.604. The lowest BCUT2D eigenvalue weighted by atomic mass is 9.88. The number of likely N-dealkylation sites (tertiary alicyclic amines) is 2. The van der Waals surface area contributed by atoms with Crippen molar-refractivity contribution >= 4 is 11.8 Å². The second-order valence-electron chi connectivity index (χ2n) is 8.33. The number of carbonyl (C=O) groups is 2. The maximum Gasteiger partial charge on any atom is 0.270 e. The molecule has 154 valence electrons. The lowest BCUT2D eigenvalue weighted by molar-refractivity contribution is -0.179. The first kappa shape index (κ1) is 18.4. The Hall–Kier alpha value is -2.61. The number of amides is 2. The molecule has 3 aliphatic heterocycles. The lowest BCUT2D eigenvalue weighted by Crippen LogP contribution is -2.55. The topological polar surface area (TPSA) is 72.6 Å². The van der Waals surface area contributed by atoms with Gasteiger partial charge in [-0.15, -0.1) is 0 Å². The number of rotatable bonds is 2. The van der Waals surface area contributed by atoms with Crippen molar-refractivity contribution in [3.8, 4) is 0 Å². The fourth-order valence-electron chi connectivity index (χ4n) is 4.92. The zero-order valence-electron chi connectivity index (χ0n) is 16.8. The van der Waals surface area contributed by atoms with Gasteiger partial charge in [0.2, 0.25) is 0 Å². The Bertz CT molecular complexity index is 918. The van der Waals surface area contributed by atoms with E-state index in [9.17, 15) is 9.59 Å². The maximum absolute atomic E-state index is 13.0. The fourth-order valence-corrected chi connectivity index (χ4v) is 4.92. The van der Waals surface area contributed by atoms with E-state index in [-0.39, 0.29) is 11.8 Å². The molecule has 8 heteroatoms. The average Bonchev–Trinajstić information content (AvgIpc) is 3.49. The summed E-state index contributed by atoms with van der Waals surface area (Å²) >= 11 is 0. The van der Waals surface area contributed by atoms with E-state index in [0.29, 0.717) is 38.2 Å². The third-order valence-electron chi connectivity index (χ3n) is 6.57. The number of fused-ring (bicyclic) bond motifs is 2. The Morgan fingerprint density at radius 1 is 1.10 bits per heavy atom. The molecule has 2 aromatic rings. The number of imidazole rings is 1. The standard InChI is InChI=1S/C21H27N5O3/c1-23-9-4-5-16(23)18(27)25-12-6-21(7-13-25)20-22-8-14-26(20)15-17(29-21)19(28)24-10-2-3-11-24/h4-5,8-9,14,17H,2-3,6-7,10-13,15H2,1H3/t17-/m0/s1. The van der Waals surface area contributed by atoms with Crippen LogP contribution in [0.3, 0.4) is 0 Å². The van der Waals surface area contributed by atoms with Crippen LogP contribution in [-0.2, 0) is 28.7 Å². The number of piperidine rings is 1. The molecule has 0 unspecified atom stereocenters. The van der Waals surface area contributed by atoms with Gasteiger partial charge in [0.05, 0.1) is 6.54 Å². The van der Waals surface area contributed by atoms with Crippen LogP contribution in [0.1, 0.15) is 42.0 Å². The quantitative estimate of drug-likeness (QED) is 0.767. The average molecular weight is 397 g/mol. The van der Waals surface area contributed by atoms with E-state index in [1.165, 1.54) is 0 Å². The molecule has 0 bridgehead atoms. The largest absolute Gasteiger partial charge is 0.352 e. The number of hydrogen-bond acceptors (Lipinski definition) is 4. The van der Waals surface area contributed by atoms with Crippen molar-refractivity contribution in [3.05, 3.63) is 42.2 Å². The summed E-state index contributed by atoms with van der Waals surface area (Å²) in [5.41, 5.74) is 0.0846. The zero-order chi connectivity index (χ0) is 20.0. The van der Waals surface area contributed by atoms with E-state index in [2.05, 4.69) is 9.55 Å². The van der Waals surface area contributed by atoms with Crippen molar-refractivity contribution in [2.75, 3.05) is 26.2 Å². The molecular formula is C21H27N5O3. The summed E-state index contributed by atoms with van der Waals surface area (Å²) in [7, 11) is 1.88. The van der Waals surface area contributed by atoms with Gasteiger partial charge in [-0.1, -0.05) is 0 Å². The van der Waals surface area contributed by atoms with Gasteiger partial charge in [-0.05, 0) is 25.0 Å². The first-order valence-corrected chi connectivity index (χ1v) is 10.5. The van der Waals surface area contributed by atoms with E-state index in [0.717, 1.165) is 31.8 Å². The molecule has 0 radical (unpaired) electrons. The highest BCUT2D eigenvalue weighted by atomic mass is 16.5. The summed E-state index contributed by atoms with van der Waals surface area (Å²) < 4.78 is 10.4. The molecule has 2 saturated heterocycles. The molecule has 5 rings (SSSR count). The molecular weight excluding hydrogens is 370 g/mol. The number of nitrogens with zero attached hydrogens (tertiary/aromatic N) is 5. The van der Waals surface area contributed by atoms with Crippen LogP contribution in [0.5, 0.6) is 0 Å². The Labute approximate surface area is 170 Å². The van der Waals surface area contributed by atoms with E-state index in [1.54, 1.807) is 6.20 Å². The monoisotopic (exact) mass is 397 g/mol. The number of aromatic nitrogens is 3. The summed E-state index contributed by atoms with van der Waals surface area (Å²) in [5, 5.41) is 0. The third-order valence-corrected chi connectivity index (χ3v) is 6.57. The molecule has 1 atom stereocenters. The highest BCUT2D eigenvalue weighted by Crippen LogP contribution is 2.40. The first-order chi connectivity index (χ1) is 14.1. The smallest absolute Gasteiger partial charge is 0.270 e. The number of carbonyl (C=O) groups excluding carboxylic acids is 2. The summed E-state index contributed by atoms with van der Waals surface area (Å²) in [6.07, 6.45) is 8.54. The lowest BCUT2D eigenvalue weighted by Gasteiger charge is -2.46. The predicted molar refractivity (Wildman–Crippen MR) is 105 cm³/mol. The van der Waals surface area contributed by atoms with Crippen LogP contribution < -0.4 is 0 Å². The van der Waals surface area contributed by atoms with Gasteiger partial charge in [0, 0.05) is 64.7 Å². The molecule has 29 heavy (non-hydrogen) atoms. The van der Waals surface area contributed by atoms with Gasteiger partial charge in [0.25, 0.3) is 11.8 Å². The van der Waals surface area contributed by atoms with Gasteiger partial charge in [0.15, 0.2) is 6.10 Å². The summed E-state index contributed by atoms with van der Waals surface area (Å²) in [6.45, 7) is 3.32. The van der Waals surface area contributed by atoms with Crippen LogP contribution in [0.25, 0.3) is 0 Å². The van der Waals surface area contributed by atoms with Gasteiger partial charge in [-0.2, -0.15) is 0 Å². The number of hydrogen-bond donors (Lipinski definition) is 0. The predicted octanol–water partition coefficient (Wildman–Crippen LogP) is 1.37. The van der Waals surface area contributed by atoms with E-state index < -0.39 is 11.7 Å². The molecule has 2 amide bonds. The Morgan fingerprint density at radius 2 is 1.86 bits per heavy atom. The minimum Gasteiger partial charge on any atom is -0.352 e. The van der Waals surface area contributed by atoms with Gasteiger partial charge >= 0.3 is 0 Å². The summed E-state index contributed by atoms with van der Waals surface area (Å²) in [5.74, 6) is 1.01. The van der Waals surface area contributed by atoms with E-state index >= 15 is 0 Å². The van der Waals surface area contributed by atoms with Gasteiger partial charge in [-0.3, -0.25) is 9.59 Å². The summed E-state index contributed by atoms with van der Waals surface area (Å²) in [4.78, 5) is 34.3. The van der Waals surface area contributed by atoms with E-state index in [1.807, 2.05) is 45.9 Å². The normalized spacial score (nSPS) is 23.4. The van der Waals surface area contributed by atoms with Crippen LogP contribution in [-0.4, -0.2) is 68.0 Å². The molecule has 3 aliphatic rings. The van der Waals surface area contributed by atoms with Crippen LogP contribution in [0.4, 0.5) is 0 Å². The highest BCUT2D eigenvalue weighted by Gasteiger charge is 2.48.